The summed E-state index contributed by atoms with van der Waals surface area (Å²) in [6.45, 7) is 4.61. The molecule has 240 valence electrons. The smallest absolute Gasteiger partial charge is 0.131 e. The molecule has 8 aromatic carbocycles. The Labute approximate surface area is 298 Å². The van der Waals surface area contributed by atoms with Gasteiger partial charge in [-0.05, 0) is 102 Å². The van der Waals surface area contributed by atoms with Crippen LogP contribution in [0.5, 0.6) is 11.5 Å². The molecular formula is C50H34O. The van der Waals surface area contributed by atoms with Crippen LogP contribution in [-0.2, 0) is 10.8 Å². The van der Waals surface area contributed by atoms with Crippen LogP contribution in [0, 0.1) is 0 Å². The standard InChI is InChI=1S/C50H34O/c1-49(2)44-21-11-12-22-47(44)51-48-28-24-32(30-46(48)49)34-27-26-33(35-13-3-4-14-36(34)35)31-23-25-40-39-17-7-10-20-43(39)50(45(40)29-31)41-18-8-5-15-37(41)38-16-6-9-19-42(38)50/h3-30H,1-2H3. The lowest BCUT2D eigenvalue weighted by Crippen LogP contribution is -2.25. The highest BCUT2D eigenvalue weighted by Crippen LogP contribution is 2.63. The maximum atomic E-state index is 6.41. The van der Waals surface area contributed by atoms with Gasteiger partial charge in [0.2, 0.25) is 0 Å². The largest absolute Gasteiger partial charge is 0.457 e. The van der Waals surface area contributed by atoms with Crippen LogP contribution in [0.15, 0.2) is 170 Å². The van der Waals surface area contributed by atoms with E-state index in [1.165, 1.54) is 88.7 Å². The molecule has 0 saturated heterocycles. The van der Waals surface area contributed by atoms with Gasteiger partial charge in [0.15, 0.2) is 0 Å². The molecule has 1 spiro atoms. The first-order valence-electron chi connectivity index (χ1n) is 17.9. The van der Waals surface area contributed by atoms with Gasteiger partial charge in [-0.2, -0.15) is 0 Å². The van der Waals surface area contributed by atoms with E-state index in [0.29, 0.717) is 0 Å². The molecule has 0 amide bonds. The fourth-order valence-corrected chi connectivity index (χ4v) is 9.68. The normalized spacial score (nSPS) is 14.9. The lowest BCUT2D eigenvalue weighted by atomic mass is 9.70. The van der Waals surface area contributed by atoms with Crippen molar-refractivity contribution in [1.29, 1.82) is 0 Å². The summed E-state index contributed by atoms with van der Waals surface area (Å²) < 4.78 is 6.41. The predicted octanol–water partition coefficient (Wildman–Crippen LogP) is 12.9. The average molecular weight is 651 g/mol. The first kappa shape index (κ1) is 28.6. The van der Waals surface area contributed by atoms with Crippen LogP contribution in [0.3, 0.4) is 0 Å². The van der Waals surface area contributed by atoms with Crippen LogP contribution in [0.1, 0.15) is 47.2 Å². The summed E-state index contributed by atoms with van der Waals surface area (Å²) in [5.41, 5.74) is 17.6. The highest BCUT2D eigenvalue weighted by atomic mass is 16.5. The molecule has 0 atom stereocenters. The summed E-state index contributed by atoms with van der Waals surface area (Å²) >= 11 is 0. The second kappa shape index (κ2) is 10.2. The van der Waals surface area contributed by atoms with Crippen LogP contribution < -0.4 is 4.74 Å². The SMILES string of the molecule is CC1(C)c2ccccc2Oc2ccc(-c3ccc(-c4ccc5c(c4)C4(c6ccccc6-c6ccccc64)c4ccccc4-5)c4ccccc34)cc21. The van der Waals surface area contributed by atoms with Crippen molar-refractivity contribution in [3.63, 3.8) is 0 Å². The Hall–Kier alpha value is -6.18. The van der Waals surface area contributed by atoms with Crippen LogP contribution in [0.2, 0.25) is 0 Å². The molecule has 11 rings (SSSR count). The van der Waals surface area contributed by atoms with E-state index in [9.17, 15) is 0 Å². The Morgan fingerprint density at radius 3 is 1.33 bits per heavy atom. The Kier molecular flexibility index (Phi) is 5.72. The van der Waals surface area contributed by atoms with Crippen molar-refractivity contribution in [2.75, 3.05) is 0 Å². The molecule has 8 aromatic rings. The van der Waals surface area contributed by atoms with Gasteiger partial charge in [-0.1, -0.05) is 159 Å². The molecule has 0 aromatic heterocycles. The number of ether oxygens (including phenoxy) is 1. The third kappa shape index (κ3) is 3.71. The van der Waals surface area contributed by atoms with E-state index < -0.39 is 0 Å². The number of hydrogen-bond acceptors (Lipinski definition) is 1. The molecule has 0 radical (unpaired) electrons. The Morgan fingerprint density at radius 1 is 0.333 bits per heavy atom. The van der Waals surface area contributed by atoms with Crippen molar-refractivity contribution < 1.29 is 4.74 Å². The van der Waals surface area contributed by atoms with E-state index in [-0.39, 0.29) is 10.8 Å². The number of benzene rings is 8. The molecule has 0 N–H and O–H groups in total. The summed E-state index contributed by atoms with van der Waals surface area (Å²) in [6, 6.07) is 63.0. The van der Waals surface area contributed by atoms with Gasteiger partial charge in [-0.3, -0.25) is 0 Å². The monoisotopic (exact) mass is 650 g/mol. The molecule has 3 aliphatic rings. The van der Waals surface area contributed by atoms with Crippen LogP contribution >= 0.6 is 0 Å². The third-order valence-electron chi connectivity index (χ3n) is 12.0. The molecule has 1 heteroatoms. The van der Waals surface area contributed by atoms with Gasteiger partial charge in [-0.25, -0.2) is 0 Å². The van der Waals surface area contributed by atoms with Gasteiger partial charge in [0.05, 0.1) is 5.41 Å². The van der Waals surface area contributed by atoms with Crippen molar-refractivity contribution in [2.45, 2.75) is 24.7 Å². The topological polar surface area (TPSA) is 9.23 Å². The molecule has 1 heterocycles. The zero-order chi connectivity index (χ0) is 33.9. The zero-order valence-electron chi connectivity index (χ0n) is 28.6. The fraction of sp³-hybridized carbons (Fsp3) is 0.0800. The first-order valence-corrected chi connectivity index (χ1v) is 17.9. The number of fused-ring (bicyclic) bond motifs is 13. The number of hydrogen-bond donors (Lipinski definition) is 0. The van der Waals surface area contributed by atoms with E-state index in [0.717, 1.165) is 11.5 Å². The summed E-state index contributed by atoms with van der Waals surface area (Å²) in [4.78, 5) is 0. The average Bonchev–Trinajstić information content (AvgIpc) is 3.65. The summed E-state index contributed by atoms with van der Waals surface area (Å²) in [7, 11) is 0. The first-order chi connectivity index (χ1) is 25.0. The fourth-order valence-electron chi connectivity index (χ4n) is 9.68. The van der Waals surface area contributed by atoms with Crippen LogP contribution in [0.4, 0.5) is 0 Å². The third-order valence-corrected chi connectivity index (χ3v) is 12.0. The minimum Gasteiger partial charge on any atom is -0.457 e. The molecule has 0 unspecified atom stereocenters. The second-order valence-corrected chi connectivity index (χ2v) is 14.8. The molecule has 1 aliphatic heterocycles. The molecule has 0 saturated carbocycles. The van der Waals surface area contributed by atoms with Crippen LogP contribution in [-0.4, -0.2) is 0 Å². The summed E-state index contributed by atoms with van der Waals surface area (Å²) in [5, 5.41) is 2.50. The van der Waals surface area contributed by atoms with Gasteiger partial charge in [-0.15, -0.1) is 0 Å². The molecule has 0 fully saturated rings. The summed E-state index contributed by atoms with van der Waals surface area (Å²) in [5.74, 6) is 1.88. The van der Waals surface area contributed by atoms with Crippen molar-refractivity contribution in [3.8, 4) is 56.0 Å². The molecule has 2 aliphatic carbocycles. The Morgan fingerprint density at radius 2 is 0.745 bits per heavy atom. The van der Waals surface area contributed by atoms with Gasteiger partial charge < -0.3 is 4.74 Å². The Bertz CT molecular complexity index is 2700. The highest BCUT2D eigenvalue weighted by Gasteiger charge is 2.51. The van der Waals surface area contributed by atoms with Crippen molar-refractivity contribution in [2.24, 2.45) is 0 Å². The van der Waals surface area contributed by atoms with E-state index in [2.05, 4.69) is 178 Å². The lowest BCUT2D eigenvalue weighted by Gasteiger charge is -2.34. The second-order valence-electron chi connectivity index (χ2n) is 14.8. The molecule has 1 nitrogen and oxygen atoms in total. The lowest BCUT2D eigenvalue weighted by molar-refractivity contribution is 0.418. The van der Waals surface area contributed by atoms with E-state index in [1.807, 2.05) is 6.07 Å². The van der Waals surface area contributed by atoms with E-state index >= 15 is 0 Å². The minimum atomic E-state index is -0.360. The molecule has 51 heavy (non-hydrogen) atoms. The summed E-state index contributed by atoms with van der Waals surface area (Å²) in [6.07, 6.45) is 0. The maximum absolute atomic E-state index is 6.41. The highest BCUT2D eigenvalue weighted by molar-refractivity contribution is 6.06. The van der Waals surface area contributed by atoms with Gasteiger partial charge >= 0.3 is 0 Å². The quantitative estimate of drug-likeness (QED) is 0.181. The van der Waals surface area contributed by atoms with E-state index in [1.54, 1.807) is 0 Å². The van der Waals surface area contributed by atoms with E-state index in [4.69, 9.17) is 4.74 Å². The predicted molar refractivity (Wildman–Crippen MR) is 210 cm³/mol. The van der Waals surface area contributed by atoms with Crippen LogP contribution in [0.25, 0.3) is 55.3 Å². The zero-order valence-corrected chi connectivity index (χ0v) is 28.6. The van der Waals surface area contributed by atoms with Gasteiger partial charge in [0, 0.05) is 16.5 Å². The van der Waals surface area contributed by atoms with Crippen molar-refractivity contribution >= 4 is 10.8 Å². The molecule has 0 bridgehead atoms. The number of rotatable bonds is 2. The Balaban J connectivity index is 1.10. The van der Waals surface area contributed by atoms with Crippen molar-refractivity contribution in [3.05, 3.63) is 203 Å². The maximum Gasteiger partial charge on any atom is 0.131 e. The van der Waals surface area contributed by atoms with Gasteiger partial charge in [0.25, 0.3) is 0 Å². The van der Waals surface area contributed by atoms with Gasteiger partial charge in [0.1, 0.15) is 11.5 Å². The minimum absolute atomic E-state index is 0.175. The van der Waals surface area contributed by atoms with Crippen molar-refractivity contribution in [1.82, 2.24) is 0 Å². The number of para-hydroxylation sites is 1. The molecular weight excluding hydrogens is 617 g/mol.